The fourth-order valence-corrected chi connectivity index (χ4v) is 3.80. The van der Waals surface area contributed by atoms with E-state index < -0.39 is 0 Å². The Bertz CT molecular complexity index is 1100. The van der Waals surface area contributed by atoms with Crippen molar-refractivity contribution < 1.29 is 4.74 Å². The van der Waals surface area contributed by atoms with Gasteiger partial charge in [-0.05, 0) is 48.7 Å². The highest BCUT2D eigenvalue weighted by Gasteiger charge is 2.09. The standard InChI is InChI=1S/C22H18N2O2S/c25-21-18-15-17(26-14-6-9-16-7-2-1-3-8-16)11-12-20(18)27-22(24-21)19-10-4-5-13-23-19/h1-5,7-8,10-13,15H,6,9,14H2. The summed E-state index contributed by atoms with van der Waals surface area (Å²) in [6, 6.07) is 21.5. The molecule has 0 spiro atoms. The molecule has 27 heavy (non-hydrogen) atoms. The van der Waals surface area contributed by atoms with Gasteiger partial charge in [0.2, 0.25) is 0 Å². The van der Waals surface area contributed by atoms with Gasteiger partial charge in [0.05, 0.1) is 17.7 Å². The van der Waals surface area contributed by atoms with Crippen molar-refractivity contribution in [3.63, 3.8) is 0 Å². The van der Waals surface area contributed by atoms with Crippen LogP contribution in [0.2, 0.25) is 0 Å². The molecule has 134 valence electrons. The zero-order valence-electron chi connectivity index (χ0n) is 14.7. The fourth-order valence-electron chi connectivity index (χ4n) is 2.84. The lowest BCUT2D eigenvalue weighted by molar-refractivity contribution is 0.311. The minimum absolute atomic E-state index is 0.251. The molecule has 0 aliphatic carbocycles. The number of rotatable bonds is 6. The largest absolute Gasteiger partial charge is 0.494 e. The van der Waals surface area contributed by atoms with Crippen molar-refractivity contribution in [2.45, 2.75) is 12.8 Å². The summed E-state index contributed by atoms with van der Waals surface area (Å²) in [4.78, 5) is 20.9. The zero-order valence-corrected chi connectivity index (χ0v) is 15.5. The Hall–Kier alpha value is -3.05. The highest BCUT2D eigenvalue weighted by Crippen LogP contribution is 2.27. The summed E-state index contributed by atoms with van der Waals surface area (Å²) in [6.07, 6.45) is 3.59. The van der Waals surface area contributed by atoms with Crippen molar-refractivity contribution in [2.75, 3.05) is 6.61 Å². The number of hydrogen-bond donors (Lipinski definition) is 0. The molecule has 4 aromatic rings. The number of nitrogens with zero attached hydrogens (tertiary/aromatic N) is 2. The molecule has 2 aromatic heterocycles. The molecule has 2 aromatic carbocycles. The molecule has 0 saturated carbocycles. The van der Waals surface area contributed by atoms with E-state index in [-0.39, 0.29) is 5.56 Å². The van der Waals surface area contributed by atoms with E-state index in [1.165, 1.54) is 16.9 Å². The number of pyridine rings is 1. The van der Waals surface area contributed by atoms with E-state index in [4.69, 9.17) is 4.74 Å². The van der Waals surface area contributed by atoms with Crippen LogP contribution in [0.5, 0.6) is 5.75 Å². The summed E-state index contributed by atoms with van der Waals surface area (Å²) in [5.74, 6) is 0.701. The van der Waals surface area contributed by atoms with E-state index in [9.17, 15) is 4.79 Å². The average Bonchev–Trinajstić information content (AvgIpc) is 2.73. The van der Waals surface area contributed by atoms with Crippen LogP contribution < -0.4 is 10.3 Å². The van der Waals surface area contributed by atoms with Gasteiger partial charge in [0.1, 0.15) is 10.8 Å². The van der Waals surface area contributed by atoms with Crippen LogP contribution in [0.15, 0.2) is 77.7 Å². The molecule has 0 atom stereocenters. The third-order valence-corrected chi connectivity index (χ3v) is 5.27. The second-order valence-electron chi connectivity index (χ2n) is 6.13. The summed E-state index contributed by atoms with van der Waals surface area (Å²) in [6.45, 7) is 0.609. The van der Waals surface area contributed by atoms with Gasteiger partial charge < -0.3 is 4.74 Å². The molecule has 5 heteroatoms. The predicted octanol–water partition coefficient (Wildman–Crippen LogP) is 4.73. The van der Waals surface area contributed by atoms with E-state index >= 15 is 0 Å². The minimum atomic E-state index is -0.251. The van der Waals surface area contributed by atoms with Crippen LogP contribution in [0.3, 0.4) is 0 Å². The van der Waals surface area contributed by atoms with E-state index in [1.807, 2.05) is 48.5 Å². The van der Waals surface area contributed by atoms with Crippen LogP contribution in [-0.4, -0.2) is 16.6 Å². The predicted molar refractivity (Wildman–Crippen MR) is 109 cm³/mol. The molecule has 0 radical (unpaired) electrons. The Labute approximate surface area is 161 Å². The number of hydrogen-bond acceptors (Lipinski definition) is 5. The highest BCUT2D eigenvalue weighted by atomic mass is 32.1. The van der Waals surface area contributed by atoms with Gasteiger partial charge in [-0.25, -0.2) is 0 Å². The summed E-state index contributed by atoms with van der Waals surface area (Å²) in [5.41, 5.74) is 1.76. The molecular weight excluding hydrogens is 356 g/mol. The van der Waals surface area contributed by atoms with Crippen molar-refractivity contribution in [3.05, 3.63) is 88.8 Å². The van der Waals surface area contributed by atoms with Crippen LogP contribution >= 0.6 is 11.3 Å². The Morgan fingerprint density at radius 3 is 2.63 bits per heavy atom. The van der Waals surface area contributed by atoms with E-state index in [0.717, 1.165) is 17.5 Å². The van der Waals surface area contributed by atoms with Crippen LogP contribution in [0.4, 0.5) is 0 Å². The molecule has 0 aliphatic rings. The van der Waals surface area contributed by atoms with Crippen LogP contribution in [0, 0.1) is 0 Å². The summed E-state index contributed by atoms with van der Waals surface area (Å²) in [5, 5.41) is 1.21. The van der Waals surface area contributed by atoms with Gasteiger partial charge in [0.25, 0.3) is 5.56 Å². The van der Waals surface area contributed by atoms with Crippen LogP contribution in [-0.2, 0) is 6.42 Å². The lowest BCUT2D eigenvalue weighted by Gasteiger charge is -2.07. The lowest BCUT2D eigenvalue weighted by Crippen LogP contribution is -2.07. The molecular formula is C22H18N2O2S. The van der Waals surface area contributed by atoms with Crippen molar-refractivity contribution in [2.24, 2.45) is 0 Å². The maximum Gasteiger partial charge on any atom is 0.279 e. The first-order valence-corrected chi connectivity index (χ1v) is 9.64. The molecule has 0 amide bonds. The number of aromatic nitrogens is 2. The lowest BCUT2D eigenvalue weighted by atomic mass is 10.1. The second kappa shape index (κ2) is 8.10. The summed E-state index contributed by atoms with van der Waals surface area (Å²) >= 11 is 1.46. The zero-order chi connectivity index (χ0) is 18.5. The fraction of sp³-hybridized carbons (Fsp3) is 0.136. The Morgan fingerprint density at radius 1 is 0.963 bits per heavy atom. The molecule has 0 aliphatic heterocycles. The Balaban J connectivity index is 1.47. The van der Waals surface area contributed by atoms with E-state index in [1.54, 1.807) is 12.3 Å². The Kier molecular flexibility index (Phi) is 5.21. The molecule has 4 rings (SSSR count). The van der Waals surface area contributed by atoms with Crippen molar-refractivity contribution in [3.8, 4) is 16.5 Å². The normalized spacial score (nSPS) is 10.8. The smallest absolute Gasteiger partial charge is 0.279 e. The monoisotopic (exact) mass is 374 g/mol. The van der Waals surface area contributed by atoms with Crippen molar-refractivity contribution in [1.29, 1.82) is 0 Å². The van der Waals surface area contributed by atoms with E-state index in [0.29, 0.717) is 28.4 Å². The van der Waals surface area contributed by atoms with Crippen molar-refractivity contribution in [1.82, 2.24) is 9.97 Å². The summed E-state index contributed by atoms with van der Waals surface area (Å²) in [7, 11) is 0. The van der Waals surface area contributed by atoms with Gasteiger partial charge in [-0.15, -0.1) is 11.3 Å². The first kappa shape index (κ1) is 17.4. The average molecular weight is 374 g/mol. The first-order chi connectivity index (χ1) is 13.3. The minimum Gasteiger partial charge on any atom is -0.494 e. The molecule has 0 N–H and O–H groups in total. The number of ether oxygens (including phenoxy) is 1. The molecule has 0 saturated heterocycles. The molecule has 0 bridgehead atoms. The molecule has 2 heterocycles. The highest BCUT2D eigenvalue weighted by molar-refractivity contribution is 7.21. The van der Waals surface area contributed by atoms with Crippen LogP contribution in [0.1, 0.15) is 12.0 Å². The van der Waals surface area contributed by atoms with Crippen LogP contribution in [0.25, 0.3) is 20.8 Å². The first-order valence-electron chi connectivity index (χ1n) is 8.83. The van der Waals surface area contributed by atoms with Gasteiger partial charge in [-0.1, -0.05) is 36.4 Å². The van der Waals surface area contributed by atoms with Gasteiger partial charge in [-0.3, -0.25) is 9.78 Å². The SMILES string of the molecule is O=c1nc(-c2ccccn2)sc2ccc(OCCCc3ccccc3)cc12. The maximum absolute atomic E-state index is 12.5. The maximum atomic E-state index is 12.5. The second-order valence-corrected chi connectivity index (χ2v) is 7.17. The molecule has 4 nitrogen and oxygen atoms in total. The Morgan fingerprint density at radius 2 is 1.81 bits per heavy atom. The molecule has 0 unspecified atom stereocenters. The quantitative estimate of drug-likeness (QED) is 0.458. The summed E-state index contributed by atoms with van der Waals surface area (Å²) < 4.78 is 6.71. The van der Waals surface area contributed by atoms with Gasteiger partial charge in [0, 0.05) is 10.9 Å². The number of fused-ring (bicyclic) bond motifs is 1. The van der Waals surface area contributed by atoms with Gasteiger partial charge in [0.15, 0.2) is 0 Å². The van der Waals surface area contributed by atoms with Gasteiger partial charge in [-0.2, -0.15) is 4.98 Å². The third kappa shape index (κ3) is 4.20. The number of benzene rings is 2. The van der Waals surface area contributed by atoms with Crippen molar-refractivity contribution >= 4 is 21.4 Å². The third-order valence-electron chi connectivity index (χ3n) is 4.20. The topological polar surface area (TPSA) is 52.1 Å². The van der Waals surface area contributed by atoms with Gasteiger partial charge >= 0.3 is 0 Å². The van der Waals surface area contributed by atoms with E-state index in [2.05, 4.69) is 22.1 Å². The number of aryl methyl sites for hydroxylation is 1. The molecule has 0 fully saturated rings.